The predicted octanol–water partition coefficient (Wildman–Crippen LogP) is 4.46. The van der Waals surface area contributed by atoms with Crippen LogP contribution in [0.25, 0.3) is 0 Å². The number of aliphatic hydroxyl groups is 3. The summed E-state index contributed by atoms with van der Waals surface area (Å²) < 4.78 is 30.9. The van der Waals surface area contributed by atoms with Gasteiger partial charge >= 0.3 is 11.9 Å². The van der Waals surface area contributed by atoms with Crippen LogP contribution in [0.15, 0.2) is 47.1 Å². The molecule has 4 aliphatic heterocycles. The van der Waals surface area contributed by atoms with Gasteiger partial charge in [0.2, 0.25) is 5.79 Å². The standard InChI is InChI=1S/C37H54O10/c1-7-8-11-23(4)34(40)46-31-25(6)19-44-36(32(31)39)18-28-17-27(47-36)14-13-22(3)15-21(2)10-9-12-26-20-43-33-30(38)24(5)16-29(35(41)45-28)37(26,33)42/h9-10,12-13,16,21,23,25,27-33,38-39,42H,7-8,11,14-15,17-20H2,1-6H3. The molecule has 4 heterocycles. The Morgan fingerprint density at radius 3 is 2.70 bits per heavy atom. The largest absolute Gasteiger partial charge is 0.462 e. The summed E-state index contributed by atoms with van der Waals surface area (Å²) in [5, 5.41) is 34.9. The Morgan fingerprint density at radius 1 is 1.19 bits per heavy atom. The van der Waals surface area contributed by atoms with E-state index in [1.165, 1.54) is 0 Å². The van der Waals surface area contributed by atoms with Gasteiger partial charge in [0.1, 0.15) is 42.0 Å². The number of unbranched alkanes of at least 4 members (excludes halogenated alkanes) is 1. The highest BCUT2D eigenvalue weighted by Crippen LogP contribution is 2.47. The molecule has 10 nitrogen and oxygen atoms in total. The molecule has 0 amide bonds. The molecule has 0 saturated carbocycles. The van der Waals surface area contributed by atoms with Crippen LogP contribution in [0.3, 0.4) is 0 Å². The summed E-state index contributed by atoms with van der Waals surface area (Å²) in [5.41, 5.74) is 0.364. The van der Waals surface area contributed by atoms with E-state index in [1.807, 2.05) is 26.0 Å². The first-order valence-electron chi connectivity index (χ1n) is 17.4. The van der Waals surface area contributed by atoms with Crippen LogP contribution in [0.2, 0.25) is 0 Å². The molecule has 0 radical (unpaired) electrons. The Morgan fingerprint density at radius 2 is 1.96 bits per heavy atom. The number of carbonyl (C=O) groups excluding carboxylic acids is 2. The van der Waals surface area contributed by atoms with Crippen molar-refractivity contribution < 1.29 is 48.6 Å². The average molecular weight is 659 g/mol. The van der Waals surface area contributed by atoms with E-state index in [4.69, 9.17) is 23.7 Å². The zero-order valence-corrected chi connectivity index (χ0v) is 28.7. The van der Waals surface area contributed by atoms with Crippen LogP contribution in [-0.4, -0.2) is 88.5 Å². The molecular formula is C37H54O10. The zero-order valence-electron chi connectivity index (χ0n) is 28.7. The summed E-state index contributed by atoms with van der Waals surface area (Å²) in [5.74, 6) is -4.13. The quantitative estimate of drug-likeness (QED) is 0.286. The number of allylic oxidation sites excluding steroid dienone is 4. The van der Waals surface area contributed by atoms with Crippen LogP contribution in [0, 0.1) is 23.7 Å². The van der Waals surface area contributed by atoms with Gasteiger partial charge in [-0.2, -0.15) is 0 Å². The molecule has 262 valence electrons. The molecule has 47 heavy (non-hydrogen) atoms. The number of esters is 2. The third-order valence-corrected chi connectivity index (χ3v) is 10.6. The lowest BCUT2D eigenvalue weighted by molar-refractivity contribution is -0.367. The molecule has 12 atom stereocenters. The molecule has 2 bridgehead atoms. The maximum Gasteiger partial charge on any atom is 0.316 e. The van der Waals surface area contributed by atoms with Crippen molar-refractivity contribution in [3.8, 4) is 0 Å². The van der Waals surface area contributed by atoms with Crippen molar-refractivity contribution in [2.75, 3.05) is 13.2 Å². The summed E-state index contributed by atoms with van der Waals surface area (Å²) in [6.45, 7) is 11.9. The van der Waals surface area contributed by atoms with Gasteiger partial charge in [-0.25, -0.2) is 0 Å². The zero-order chi connectivity index (χ0) is 34.1. The SMILES string of the molecule is CCCCC(C)C(=O)OC1C(C)COC2(CC3CC(CC=C(C)CC(C)C=CC=C4COC5C(O)C(C)=CC(C(=O)O3)C45O)O2)C1O. The van der Waals surface area contributed by atoms with Crippen molar-refractivity contribution in [1.29, 1.82) is 0 Å². The maximum absolute atomic E-state index is 14.1. The summed E-state index contributed by atoms with van der Waals surface area (Å²) in [6, 6.07) is 0. The predicted molar refractivity (Wildman–Crippen MR) is 174 cm³/mol. The molecule has 5 rings (SSSR count). The van der Waals surface area contributed by atoms with E-state index in [0.29, 0.717) is 30.4 Å². The third-order valence-electron chi connectivity index (χ3n) is 10.6. The molecule has 3 saturated heterocycles. The molecule has 12 unspecified atom stereocenters. The first-order valence-corrected chi connectivity index (χ1v) is 17.4. The second-order valence-corrected chi connectivity index (χ2v) is 14.7. The van der Waals surface area contributed by atoms with Crippen LogP contribution in [0.4, 0.5) is 0 Å². The maximum atomic E-state index is 14.1. The van der Waals surface area contributed by atoms with E-state index in [9.17, 15) is 24.9 Å². The monoisotopic (exact) mass is 658 g/mol. The molecule has 3 N–H and O–H groups in total. The van der Waals surface area contributed by atoms with Gasteiger partial charge in [0.25, 0.3) is 0 Å². The second kappa shape index (κ2) is 14.6. The number of carbonyl (C=O) groups is 2. The fraction of sp³-hybridized carbons (Fsp3) is 0.730. The van der Waals surface area contributed by atoms with Gasteiger partial charge < -0.3 is 39.0 Å². The van der Waals surface area contributed by atoms with Crippen LogP contribution in [0.1, 0.15) is 86.5 Å². The highest BCUT2D eigenvalue weighted by molar-refractivity contribution is 5.78. The van der Waals surface area contributed by atoms with Gasteiger partial charge in [-0.3, -0.25) is 9.59 Å². The third kappa shape index (κ3) is 7.33. The minimum atomic E-state index is -1.80. The van der Waals surface area contributed by atoms with Crippen molar-refractivity contribution in [3.63, 3.8) is 0 Å². The van der Waals surface area contributed by atoms with Crippen molar-refractivity contribution in [2.45, 2.75) is 135 Å². The Kier molecular flexibility index (Phi) is 11.2. The number of hydrogen-bond acceptors (Lipinski definition) is 10. The highest BCUT2D eigenvalue weighted by Gasteiger charge is 2.61. The first kappa shape index (κ1) is 36.0. The minimum Gasteiger partial charge on any atom is -0.462 e. The number of hydrogen-bond donors (Lipinski definition) is 3. The van der Waals surface area contributed by atoms with Crippen molar-refractivity contribution >= 4 is 11.9 Å². The van der Waals surface area contributed by atoms with Gasteiger partial charge in [0, 0.05) is 18.8 Å². The van der Waals surface area contributed by atoms with E-state index < -0.39 is 59.9 Å². The molecule has 5 aliphatic rings. The smallest absolute Gasteiger partial charge is 0.316 e. The number of aliphatic hydroxyl groups excluding tert-OH is 2. The second-order valence-electron chi connectivity index (χ2n) is 14.7. The van der Waals surface area contributed by atoms with Crippen molar-refractivity contribution in [2.24, 2.45) is 23.7 Å². The van der Waals surface area contributed by atoms with Gasteiger partial charge in [0.05, 0.1) is 25.2 Å². The Bertz CT molecular complexity index is 1290. The average Bonchev–Trinajstić information content (AvgIpc) is 3.37. The minimum absolute atomic E-state index is 0.0180. The fourth-order valence-electron chi connectivity index (χ4n) is 7.72. The van der Waals surface area contributed by atoms with Crippen molar-refractivity contribution in [1.82, 2.24) is 0 Å². The van der Waals surface area contributed by atoms with E-state index in [1.54, 1.807) is 19.1 Å². The van der Waals surface area contributed by atoms with Crippen molar-refractivity contribution in [3.05, 3.63) is 47.1 Å². The molecule has 0 aromatic heterocycles. The lowest BCUT2D eigenvalue weighted by Crippen LogP contribution is -2.65. The van der Waals surface area contributed by atoms with E-state index >= 15 is 0 Å². The topological polar surface area (TPSA) is 141 Å². The van der Waals surface area contributed by atoms with Crippen LogP contribution in [0.5, 0.6) is 0 Å². The Hall–Kier alpha value is -2.34. The lowest BCUT2D eigenvalue weighted by atomic mass is 9.71. The lowest BCUT2D eigenvalue weighted by Gasteiger charge is -2.51. The fourth-order valence-corrected chi connectivity index (χ4v) is 7.72. The van der Waals surface area contributed by atoms with Crippen LogP contribution in [-0.2, 0) is 33.3 Å². The molecule has 0 aromatic carbocycles. The van der Waals surface area contributed by atoms with E-state index in [2.05, 4.69) is 26.8 Å². The number of fused-ring (bicyclic) bond motifs is 2. The molecular weight excluding hydrogens is 604 g/mol. The summed E-state index contributed by atoms with van der Waals surface area (Å²) >= 11 is 0. The summed E-state index contributed by atoms with van der Waals surface area (Å²) in [7, 11) is 0. The van der Waals surface area contributed by atoms with Gasteiger partial charge in [-0.15, -0.1) is 0 Å². The summed E-state index contributed by atoms with van der Waals surface area (Å²) in [6.07, 6.45) is 8.12. The highest BCUT2D eigenvalue weighted by atomic mass is 16.7. The van der Waals surface area contributed by atoms with Gasteiger partial charge in [0.15, 0.2) is 0 Å². The first-order chi connectivity index (χ1) is 22.3. The van der Waals surface area contributed by atoms with Crippen LogP contribution < -0.4 is 0 Å². The van der Waals surface area contributed by atoms with Gasteiger partial charge in [-0.1, -0.05) is 76.5 Å². The molecule has 3 fully saturated rings. The molecule has 1 spiro atoms. The van der Waals surface area contributed by atoms with E-state index in [-0.39, 0.29) is 43.4 Å². The molecule has 10 heteroatoms. The number of rotatable bonds is 5. The van der Waals surface area contributed by atoms with Gasteiger partial charge in [-0.05, 0) is 50.2 Å². The molecule has 1 aliphatic carbocycles. The molecule has 0 aromatic rings. The van der Waals surface area contributed by atoms with Crippen LogP contribution >= 0.6 is 0 Å². The summed E-state index contributed by atoms with van der Waals surface area (Å²) in [4.78, 5) is 27.1. The Balaban J connectivity index is 1.47. The normalized spacial score (nSPS) is 41.7. The Labute approximate surface area is 278 Å². The number of ether oxygens (including phenoxy) is 5. The van der Waals surface area contributed by atoms with E-state index in [0.717, 1.165) is 24.8 Å².